The fourth-order valence-corrected chi connectivity index (χ4v) is 5.49. The largest absolute Gasteiger partial charge is 0.330 e. The predicted molar refractivity (Wildman–Crippen MR) is 108 cm³/mol. The summed E-state index contributed by atoms with van der Waals surface area (Å²) in [5.41, 5.74) is 2.06. The number of aromatic nitrogens is 2. The smallest absolute Gasteiger partial charge is 0.174 e. The van der Waals surface area contributed by atoms with E-state index in [4.69, 9.17) is 9.97 Å². The third-order valence-electron chi connectivity index (χ3n) is 6.76. The van der Waals surface area contributed by atoms with E-state index in [0.717, 1.165) is 22.7 Å². The molecule has 0 saturated heterocycles. The first-order valence-corrected chi connectivity index (χ1v) is 10.7. The Morgan fingerprint density at radius 1 is 0.692 bits per heavy atom. The second-order valence-corrected chi connectivity index (χ2v) is 8.39. The van der Waals surface area contributed by atoms with Gasteiger partial charge in [0.2, 0.25) is 0 Å². The van der Waals surface area contributed by atoms with Crippen molar-refractivity contribution in [2.75, 3.05) is 9.80 Å². The molecule has 0 N–H and O–H groups in total. The van der Waals surface area contributed by atoms with E-state index in [0.29, 0.717) is 18.2 Å². The van der Waals surface area contributed by atoms with E-state index in [-0.39, 0.29) is 0 Å². The molecular formula is C22H30N4. The van der Waals surface area contributed by atoms with Crippen LogP contribution in [0, 0.1) is 0 Å². The van der Waals surface area contributed by atoms with Gasteiger partial charge >= 0.3 is 0 Å². The monoisotopic (exact) mass is 350 g/mol. The molecule has 2 saturated carbocycles. The molecule has 0 amide bonds. The first-order valence-electron chi connectivity index (χ1n) is 10.7. The molecule has 4 heteroatoms. The lowest BCUT2D eigenvalue weighted by Crippen LogP contribution is -2.51. The first kappa shape index (κ1) is 16.3. The quantitative estimate of drug-likeness (QED) is 0.739. The van der Waals surface area contributed by atoms with Crippen molar-refractivity contribution in [3.05, 3.63) is 24.3 Å². The van der Waals surface area contributed by atoms with Crippen molar-refractivity contribution in [1.29, 1.82) is 0 Å². The molecule has 5 rings (SSSR count). The number of benzene rings is 1. The maximum Gasteiger partial charge on any atom is 0.174 e. The number of nitrogens with zero attached hydrogens (tertiary/aromatic N) is 4. The second kappa shape index (κ2) is 6.71. The van der Waals surface area contributed by atoms with Gasteiger partial charge in [0.15, 0.2) is 11.6 Å². The molecule has 0 atom stereocenters. The molecule has 1 aromatic heterocycles. The Bertz CT molecular complexity index is 712. The van der Waals surface area contributed by atoms with Crippen LogP contribution >= 0.6 is 0 Å². The highest BCUT2D eigenvalue weighted by Crippen LogP contribution is 2.44. The first-order chi connectivity index (χ1) is 12.8. The van der Waals surface area contributed by atoms with Crippen LogP contribution in [0.4, 0.5) is 11.6 Å². The Morgan fingerprint density at radius 3 is 1.54 bits per heavy atom. The van der Waals surface area contributed by atoms with Gasteiger partial charge < -0.3 is 9.80 Å². The van der Waals surface area contributed by atoms with E-state index in [1.807, 2.05) is 0 Å². The van der Waals surface area contributed by atoms with E-state index in [1.165, 1.54) is 64.2 Å². The van der Waals surface area contributed by atoms with Crippen molar-refractivity contribution < 1.29 is 0 Å². The molecule has 2 aliphatic carbocycles. The van der Waals surface area contributed by atoms with E-state index < -0.39 is 0 Å². The summed E-state index contributed by atoms with van der Waals surface area (Å²) in [6.45, 7) is 2.39. The lowest BCUT2D eigenvalue weighted by Gasteiger charge is -2.40. The van der Waals surface area contributed by atoms with Gasteiger partial charge in [0.05, 0.1) is 11.0 Å². The summed E-state index contributed by atoms with van der Waals surface area (Å²) in [6, 6.07) is 9.62. The van der Waals surface area contributed by atoms with Crippen LogP contribution in [0.2, 0.25) is 0 Å². The van der Waals surface area contributed by atoms with E-state index in [1.54, 1.807) is 0 Å². The van der Waals surface area contributed by atoms with Gasteiger partial charge in [-0.2, -0.15) is 0 Å². The summed E-state index contributed by atoms with van der Waals surface area (Å²) in [4.78, 5) is 15.5. The average Bonchev–Trinajstić information content (AvgIpc) is 2.98. The molecule has 0 spiro atoms. The zero-order valence-corrected chi connectivity index (χ0v) is 15.9. The highest BCUT2D eigenvalue weighted by Gasteiger charge is 2.42. The minimum atomic E-state index is 0.382. The van der Waals surface area contributed by atoms with Crippen LogP contribution in [-0.4, -0.2) is 28.2 Å². The van der Waals surface area contributed by atoms with E-state index in [9.17, 15) is 0 Å². The molecule has 0 radical (unpaired) electrons. The Kier molecular flexibility index (Phi) is 4.22. The highest BCUT2D eigenvalue weighted by molar-refractivity contribution is 5.83. The molecule has 0 unspecified atom stereocenters. The van der Waals surface area contributed by atoms with Gasteiger partial charge in [0.1, 0.15) is 6.17 Å². The Hall–Kier alpha value is -1.84. The molecule has 4 nitrogen and oxygen atoms in total. The summed E-state index contributed by atoms with van der Waals surface area (Å²) in [5, 5.41) is 0. The van der Waals surface area contributed by atoms with Gasteiger partial charge in [0, 0.05) is 12.1 Å². The summed E-state index contributed by atoms with van der Waals surface area (Å²) >= 11 is 0. The lowest BCUT2D eigenvalue weighted by molar-refractivity contribution is 0.360. The Morgan fingerprint density at radius 2 is 1.12 bits per heavy atom. The molecule has 1 aliphatic heterocycles. The zero-order valence-electron chi connectivity index (χ0n) is 15.9. The van der Waals surface area contributed by atoms with Gasteiger partial charge in [-0.05, 0) is 44.7 Å². The summed E-state index contributed by atoms with van der Waals surface area (Å²) in [6.07, 6.45) is 13.8. The lowest BCUT2D eigenvalue weighted by atomic mass is 9.93. The number of fused-ring (bicyclic) bond motifs is 2. The zero-order chi connectivity index (χ0) is 17.5. The minimum Gasteiger partial charge on any atom is -0.330 e. The number of anilines is 2. The fourth-order valence-electron chi connectivity index (χ4n) is 5.49. The predicted octanol–water partition coefficient (Wildman–Crippen LogP) is 5.27. The third kappa shape index (κ3) is 2.65. The third-order valence-corrected chi connectivity index (χ3v) is 6.76. The van der Waals surface area contributed by atoms with Gasteiger partial charge in [0.25, 0.3) is 0 Å². The van der Waals surface area contributed by atoms with Gasteiger partial charge in [-0.3, -0.25) is 0 Å². The van der Waals surface area contributed by atoms with Crippen molar-refractivity contribution in [3.8, 4) is 0 Å². The van der Waals surface area contributed by atoms with Crippen LogP contribution in [0.1, 0.15) is 71.1 Å². The summed E-state index contributed by atoms with van der Waals surface area (Å²) in [5.74, 6) is 2.29. The molecule has 2 fully saturated rings. The highest BCUT2D eigenvalue weighted by atomic mass is 15.5. The number of hydrogen-bond acceptors (Lipinski definition) is 4. The average molecular weight is 351 g/mol. The minimum absolute atomic E-state index is 0.382. The number of rotatable bonds is 2. The molecule has 26 heavy (non-hydrogen) atoms. The van der Waals surface area contributed by atoms with Crippen LogP contribution in [0.3, 0.4) is 0 Å². The molecular weight excluding hydrogens is 320 g/mol. The maximum absolute atomic E-state index is 5.13. The summed E-state index contributed by atoms with van der Waals surface area (Å²) in [7, 11) is 0. The topological polar surface area (TPSA) is 32.3 Å². The van der Waals surface area contributed by atoms with Crippen molar-refractivity contribution in [2.24, 2.45) is 0 Å². The second-order valence-electron chi connectivity index (χ2n) is 8.39. The van der Waals surface area contributed by atoms with Gasteiger partial charge in [-0.25, -0.2) is 9.97 Å². The molecule has 2 aromatic rings. The van der Waals surface area contributed by atoms with E-state index in [2.05, 4.69) is 41.0 Å². The Labute approximate surface area is 156 Å². The number of hydrogen-bond donors (Lipinski definition) is 0. The van der Waals surface area contributed by atoms with Gasteiger partial charge in [-0.15, -0.1) is 0 Å². The van der Waals surface area contributed by atoms with Crippen LogP contribution in [0.15, 0.2) is 24.3 Å². The van der Waals surface area contributed by atoms with E-state index >= 15 is 0 Å². The maximum atomic E-state index is 5.13. The van der Waals surface area contributed by atoms with Crippen molar-refractivity contribution in [3.63, 3.8) is 0 Å². The van der Waals surface area contributed by atoms with Gasteiger partial charge in [-0.1, -0.05) is 50.7 Å². The van der Waals surface area contributed by atoms with Crippen molar-refractivity contribution in [2.45, 2.75) is 89.4 Å². The summed E-state index contributed by atoms with van der Waals surface area (Å²) < 4.78 is 0. The van der Waals surface area contributed by atoms with Crippen molar-refractivity contribution in [1.82, 2.24) is 9.97 Å². The fraction of sp³-hybridized carbons (Fsp3) is 0.636. The SMILES string of the molecule is CC1N(C2CCCCC2)c2nc3ccccc3nc2N1C1CCCCC1. The standard InChI is InChI=1S/C22H30N4/c1-16-25(17-10-4-2-5-11-17)21-22(26(16)18-12-6-3-7-13-18)24-20-15-9-8-14-19(20)23-21/h8-9,14-18H,2-7,10-13H2,1H3. The van der Waals surface area contributed by atoms with Crippen LogP contribution in [0.25, 0.3) is 11.0 Å². The van der Waals surface area contributed by atoms with Crippen molar-refractivity contribution >= 4 is 22.7 Å². The molecule has 1 aromatic carbocycles. The Balaban J connectivity index is 1.60. The molecule has 3 aliphatic rings. The molecule has 0 bridgehead atoms. The molecule has 138 valence electrons. The molecule has 2 heterocycles. The normalized spacial score (nSPS) is 23.0. The number of para-hydroxylation sites is 2. The van der Waals surface area contributed by atoms with Crippen LogP contribution in [0.5, 0.6) is 0 Å². The van der Waals surface area contributed by atoms with Crippen LogP contribution < -0.4 is 9.80 Å². The van der Waals surface area contributed by atoms with Crippen LogP contribution in [-0.2, 0) is 0 Å².